The molecule has 0 N–H and O–H groups in total. The Kier molecular flexibility index (Phi) is 4.16. The average Bonchev–Trinajstić information content (AvgIpc) is 2.05. The maximum atomic E-state index is 2.60. The van der Waals surface area contributed by atoms with E-state index < -0.39 is 0 Å². The maximum absolute atomic E-state index is 2.60. The molecule has 0 radical (unpaired) electrons. The van der Waals surface area contributed by atoms with Gasteiger partial charge in [-0.15, -0.1) is 0 Å². The van der Waals surface area contributed by atoms with Gasteiger partial charge in [-0.3, -0.25) is 0 Å². The molecule has 0 aromatic rings. The second kappa shape index (κ2) is 4.84. The lowest BCUT2D eigenvalue weighted by molar-refractivity contribution is -0.954. The molecule has 4 bridgehead atoms. The molecule has 0 aromatic carbocycles. The number of rotatable bonds is 2. The average molecular weight is 405 g/mol. The second-order valence-corrected chi connectivity index (χ2v) is 11.3. The van der Waals surface area contributed by atoms with Crippen LogP contribution in [0.2, 0.25) is 0 Å². The van der Waals surface area contributed by atoms with Gasteiger partial charge in [-0.2, -0.15) is 0 Å². The Hall–Kier alpha value is 0.690. The fourth-order valence-corrected chi connectivity index (χ4v) is 7.42. The second-order valence-electron chi connectivity index (χ2n) is 11.3. The molecule has 0 heterocycles. The summed E-state index contributed by atoms with van der Waals surface area (Å²) in [6.07, 6.45) is 8.99. The third-order valence-electron chi connectivity index (χ3n) is 6.75. The standard InChI is InChI=1S/C19H36N.HI/c1-16(2,3)14-20(6,7)19-10-15-8-17(4,12-19)11-18(5,9-15)13-19;/h15H,8-14H2,1-7H3;1H/q+1;/p-1. The van der Waals surface area contributed by atoms with E-state index in [0.29, 0.717) is 21.8 Å². The molecule has 0 saturated heterocycles. The molecule has 4 aliphatic carbocycles. The quantitative estimate of drug-likeness (QED) is 0.486. The summed E-state index contributed by atoms with van der Waals surface area (Å²) >= 11 is 0. The molecular weight excluding hydrogens is 369 g/mol. The van der Waals surface area contributed by atoms with Crippen molar-refractivity contribution in [2.75, 3.05) is 20.6 Å². The largest absolute Gasteiger partial charge is 1.00 e. The smallest absolute Gasteiger partial charge is 0.100 e. The number of halogens is 1. The van der Waals surface area contributed by atoms with Crippen LogP contribution in [0, 0.1) is 22.2 Å². The zero-order chi connectivity index (χ0) is 15.0. The van der Waals surface area contributed by atoms with E-state index in [1.165, 1.54) is 49.6 Å². The fraction of sp³-hybridized carbons (Fsp3) is 1.00. The van der Waals surface area contributed by atoms with Gasteiger partial charge < -0.3 is 28.5 Å². The highest BCUT2D eigenvalue weighted by molar-refractivity contribution is 5.12. The summed E-state index contributed by atoms with van der Waals surface area (Å²) in [4.78, 5) is 0. The molecule has 124 valence electrons. The Morgan fingerprint density at radius 2 is 1.38 bits per heavy atom. The molecular formula is C19H36IN. The van der Waals surface area contributed by atoms with Gasteiger partial charge in [0, 0.05) is 24.7 Å². The summed E-state index contributed by atoms with van der Waals surface area (Å²) in [6.45, 7) is 13.7. The highest BCUT2D eigenvalue weighted by Gasteiger charge is 2.65. The molecule has 0 aliphatic heterocycles. The summed E-state index contributed by atoms with van der Waals surface area (Å²) in [7, 11) is 5.07. The first-order valence-electron chi connectivity index (χ1n) is 8.69. The minimum Gasteiger partial charge on any atom is -1.00 e. The number of nitrogens with zero attached hydrogens (tertiary/aromatic N) is 1. The minimum absolute atomic E-state index is 0. The molecule has 4 fully saturated rings. The maximum Gasteiger partial charge on any atom is 0.100 e. The topological polar surface area (TPSA) is 0 Å². The number of hydrogen-bond acceptors (Lipinski definition) is 0. The monoisotopic (exact) mass is 405 g/mol. The third-order valence-corrected chi connectivity index (χ3v) is 6.75. The van der Waals surface area contributed by atoms with E-state index in [0.717, 1.165) is 5.92 Å². The van der Waals surface area contributed by atoms with Crippen molar-refractivity contribution < 1.29 is 28.5 Å². The van der Waals surface area contributed by atoms with Crippen molar-refractivity contribution in [3.05, 3.63) is 0 Å². The Balaban J connectivity index is 0.00000161. The van der Waals surface area contributed by atoms with Crippen LogP contribution in [0.15, 0.2) is 0 Å². The van der Waals surface area contributed by atoms with Gasteiger partial charge in [-0.05, 0) is 36.0 Å². The van der Waals surface area contributed by atoms with Crippen molar-refractivity contribution >= 4 is 0 Å². The fourth-order valence-electron chi connectivity index (χ4n) is 7.42. The van der Waals surface area contributed by atoms with Gasteiger partial charge >= 0.3 is 0 Å². The van der Waals surface area contributed by atoms with Gasteiger partial charge in [0.2, 0.25) is 0 Å². The van der Waals surface area contributed by atoms with Crippen LogP contribution in [0.5, 0.6) is 0 Å². The van der Waals surface area contributed by atoms with Crippen LogP contribution < -0.4 is 24.0 Å². The number of quaternary nitrogens is 1. The zero-order valence-electron chi connectivity index (χ0n) is 15.4. The lowest BCUT2D eigenvalue weighted by Gasteiger charge is -2.69. The van der Waals surface area contributed by atoms with E-state index in [9.17, 15) is 0 Å². The Morgan fingerprint density at radius 1 is 0.905 bits per heavy atom. The molecule has 21 heavy (non-hydrogen) atoms. The van der Waals surface area contributed by atoms with Crippen molar-refractivity contribution in [2.45, 2.75) is 78.7 Å². The normalized spacial score (nSPS) is 45.6. The molecule has 0 amide bonds. The summed E-state index contributed by atoms with van der Waals surface area (Å²) in [5, 5.41) is 0. The first kappa shape index (κ1) is 18.0. The molecule has 0 spiro atoms. The van der Waals surface area contributed by atoms with Crippen LogP contribution >= 0.6 is 0 Å². The highest BCUT2D eigenvalue weighted by Crippen LogP contribution is 2.68. The predicted molar refractivity (Wildman–Crippen MR) is 86.6 cm³/mol. The van der Waals surface area contributed by atoms with Gasteiger partial charge in [0.15, 0.2) is 0 Å². The SMILES string of the molecule is CC(C)(C)C[N+](C)(C)C12CC3CC(C)(CC(C)(C3)C1)C2.[I-]. The van der Waals surface area contributed by atoms with Crippen LogP contribution in [-0.2, 0) is 0 Å². The van der Waals surface area contributed by atoms with Crippen molar-refractivity contribution in [1.29, 1.82) is 0 Å². The molecule has 4 aliphatic rings. The van der Waals surface area contributed by atoms with Crippen molar-refractivity contribution in [1.82, 2.24) is 0 Å². The van der Waals surface area contributed by atoms with Crippen LogP contribution in [-0.4, -0.2) is 30.7 Å². The lowest BCUT2D eigenvalue weighted by atomic mass is 9.42. The zero-order valence-corrected chi connectivity index (χ0v) is 17.5. The van der Waals surface area contributed by atoms with Crippen molar-refractivity contribution in [3.8, 4) is 0 Å². The minimum atomic E-state index is 0. The van der Waals surface area contributed by atoms with Gasteiger partial charge in [-0.25, -0.2) is 0 Å². The summed E-state index contributed by atoms with van der Waals surface area (Å²) in [6, 6.07) is 0. The van der Waals surface area contributed by atoms with Crippen molar-refractivity contribution in [2.24, 2.45) is 22.2 Å². The Bertz CT molecular complexity index is 402. The summed E-state index contributed by atoms with van der Waals surface area (Å²) < 4.78 is 1.25. The van der Waals surface area contributed by atoms with Crippen LogP contribution in [0.3, 0.4) is 0 Å². The first-order chi connectivity index (χ1) is 8.86. The summed E-state index contributed by atoms with van der Waals surface area (Å²) in [5.74, 6) is 1.01. The van der Waals surface area contributed by atoms with E-state index in [2.05, 4.69) is 48.7 Å². The molecule has 1 nitrogen and oxygen atoms in total. The van der Waals surface area contributed by atoms with E-state index >= 15 is 0 Å². The Labute approximate surface area is 149 Å². The first-order valence-corrected chi connectivity index (χ1v) is 8.69. The molecule has 2 unspecified atom stereocenters. The third kappa shape index (κ3) is 3.05. The molecule has 4 rings (SSSR count). The van der Waals surface area contributed by atoms with Gasteiger partial charge in [-0.1, -0.05) is 34.6 Å². The van der Waals surface area contributed by atoms with E-state index in [-0.39, 0.29) is 24.0 Å². The van der Waals surface area contributed by atoms with E-state index in [1.807, 2.05) is 0 Å². The highest BCUT2D eigenvalue weighted by atomic mass is 127. The van der Waals surface area contributed by atoms with E-state index in [4.69, 9.17) is 0 Å². The predicted octanol–water partition coefficient (Wildman–Crippen LogP) is 1.86. The summed E-state index contributed by atoms with van der Waals surface area (Å²) in [5.41, 5.74) is 2.27. The lowest BCUT2D eigenvalue weighted by Crippen LogP contribution is -3.00. The number of hydrogen-bond donors (Lipinski definition) is 0. The van der Waals surface area contributed by atoms with Crippen molar-refractivity contribution in [3.63, 3.8) is 0 Å². The molecule has 2 atom stereocenters. The van der Waals surface area contributed by atoms with Crippen LogP contribution in [0.1, 0.15) is 73.1 Å². The molecule has 4 saturated carbocycles. The van der Waals surface area contributed by atoms with Gasteiger partial charge in [0.25, 0.3) is 0 Å². The Morgan fingerprint density at radius 3 is 1.76 bits per heavy atom. The van der Waals surface area contributed by atoms with Crippen LogP contribution in [0.4, 0.5) is 0 Å². The molecule has 0 aromatic heterocycles. The molecule has 2 heteroatoms. The van der Waals surface area contributed by atoms with Crippen LogP contribution in [0.25, 0.3) is 0 Å². The van der Waals surface area contributed by atoms with Gasteiger partial charge in [0.1, 0.15) is 5.54 Å². The van der Waals surface area contributed by atoms with Gasteiger partial charge in [0.05, 0.1) is 20.6 Å². The van der Waals surface area contributed by atoms with E-state index in [1.54, 1.807) is 0 Å².